The van der Waals surface area contributed by atoms with Crippen molar-refractivity contribution in [3.8, 4) is 0 Å². The van der Waals surface area contributed by atoms with E-state index in [1.807, 2.05) is 26.2 Å². The Labute approximate surface area is 106 Å². The van der Waals surface area contributed by atoms with Gasteiger partial charge >= 0.3 is 5.69 Å². The maximum Gasteiger partial charge on any atom is 0.328 e. The molecule has 1 unspecified atom stereocenters. The minimum Gasteiger partial charge on any atom is -0.310 e. The Balaban J connectivity index is 2.23. The van der Waals surface area contributed by atoms with E-state index in [-0.39, 0.29) is 5.69 Å². The van der Waals surface area contributed by atoms with Crippen LogP contribution in [0.1, 0.15) is 30.9 Å². The highest BCUT2D eigenvalue weighted by Gasteiger charge is 2.20. The van der Waals surface area contributed by atoms with Gasteiger partial charge < -0.3 is 5.32 Å². The van der Waals surface area contributed by atoms with Crippen LogP contribution in [0.4, 0.5) is 0 Å². The predicted molar refractivity (Wildman–Crippen MR) is 72.8 cm³/mol. The summed E-state index contributed by atoms with van der Waals surface area (Å²) in [5.41, 5.74) is 3.40. The van der Waals surface area contributed by atoms with Gasteiger partial charge in [0.1, 0.15) is 0 Å². The number of aryl methyl sites for hydroxylation is 2. The topological polar surface area (TPSA) is 39.0 Å². The monoisotopic (exact) mass is 245 g/mol. The Bertz CT molecular complexity index is 632. The lowest BCUT2D eigenvalue weighted by Crippen LogP contribution is -2.27. The maximum atomic E-state index is 12.0. The first-order valence-corrected chi connectivity index (χ1v) is 6.58. The molecule has 1 aliphatic heterocycles. The van der Waals surface area contributed by atoms with E-state index in [0.717, 1.165) is 24.0 Å². The van der Waals surface area contributed by atoms with Crippen molar-refractivity contribution >= 4 is 11.0 Å². The van der Waals surface area contributed by atoms with Crippen LogP contribution in [0.25, 0.3) is 11.0 Å². The average molecular weight is 245 g/mol. The standard InChI is InChI=1S/C14H19N3O/c1-16-12-8-5-6-10(11-7-3-4-9-15-11)13(12)17(2)14(16)18/h5-6,8,11,15H,3-4,7,9H2,1-2H3. The number of benzene rings is 1. The summed E-state index contributed by atoms with van der Waals surface area (Å²) in [4.78, 5) is 12.0. The van der Waals surface area contributed by atoms with Crippen LogP contribution in [0.5, 0.6) is 0 Å². The quantitative estimate of drug-likeness (QED) is 0.830. The average Bonchev–Trinajstić information content (AvgIpc) is 2.65. The Morgan fingerprint density at radius 1 is 1.22 bits per heavy atom. The molecule has 1 aromatic carbocycles. The molecule has 1 aliphatic rings. The first-order valence-electron chi connectivity index (χ1n) is 6.58. The van der Waals surface area contributed by atoms with E-state index in [0.29, 0.717) is 6.04 Å². The summed E-state index contributed by atoms with van der Waals surface area (Å²) in [6, 6.07) is 6.59. The zero-order valence-electron chi connectivity index (χ0n) is 10.9. The third-order valence-corrected chi connectivity index (χ3v) is 4.00. The number of fused-ring (bicyclic) bond motifs is 1. The van der Waals surface area contributed by atoms with Gasteiger partial charge in [0.15, 0.2) is 0 Å². The first kappa shape index (κ1) is 11.5. The van der Waals surface area contributed by atoms with Gasteiger partial charge in [0.25, 0.3) is 0 Å². The van der Waals surface area contributed by atoms with Gasteiger partial charge in [-0.2, -0.15) is 0 Å². The molecule has 4 heteroatoms. The van der Waals surface area contributed by atoms with Crippen molar-refractivity contribution in [2.45, 2.75) is 25.3 Å². The highest BCUT2D eigenvalue weighted by atomic mass is 16.1. The van der Waals surface area contributed by atoms with Crippen molar-refractivity contribution in [1.29, 1.82) is 0 Å². The molecule has 1 aromatic heterocycles. The molecule has 0 spiro atoms. The maximum absolute atomic E-state index is 12.0. The molecule has 1 fully saturated rings. The van der Waals surface area contributed by atoms with Crippen LogP contribution in [-0.4, -0.2) is 15.7 Å². The first-order chi connectivity index (χ1) is 8.70. The molecule has 2 aromatic rings. The summed E-state index contributed by atoms with van der Waals surface area (Å²) in [5.74, 6) is 0. The fourth-order valence-electron chi connectivity index (χ4n) is 3.01. The van der Waals surface area contributed by atoms with Gasteiger partial charge in [0, 0.05) is 20.1 Å². The molecule has 4 nitrogen and oxygen atoms in total. The molecular formula is C14H19N3O. The third kappa shape index (κ3) is 1.60. The van der Waals surface area contributed by atoms with Crippen molar-refractivity contribution in [1.82, 2.24) is 14.5 Å². The second-order valence-electron chi connectivity index (χ2n) is 5.12. The van der Waals surface area contributed by atoms with Gasteiger partial charge in [-0.05, 0) is 31.0 Å². The summed E-state index contributed by atoms with van der Waals surface area (Å²) in [6.45, 7) is 1.07. The molecule has 18 heavy (non-hydrogen) atoms. The number of imidazole rings is 1. The van der Waals surface area contributed by atoms with Gasteiger partial charge in [-0.3, -0.25) is 9.13 Å². The second-order valence-corrected chi connectivity index (χ2v) is 5.12. The van der Waals surface area contributed by atoms with Crippen molar-refractivity contribution in [2.24, 2.45) is 14.1 Å². The summed E-state index contributed by atoms with van der Waals surface area (Å²) < 4.78 is 3.49. The van der Waals surface area contributed by atoms with Crippen LogP contribution in [0.3, 0.4) is 0 Å². The van der Waals surface area contributed by atoms with E-state index in [1.54, 1.807) is 9.13 Å². The smallest absolute Gasteiger partial charge is 0.310 e. The number of hydrogen-bond acceptors (Lipinski definition) is 2. The normalized spacial score (nSPS) is 20.4. The highest BCUT2D eigenvalue weighted by Crippen LogP contribution is 2.28. The van der Waals surface area contributed by atoms with Crippen molar-refractivity contribution < 1.29 is 0 Å². The van der Waals surface area contributed by atoms with E-state index in [9.17, 15) is 4.79 Å². The molecule has 0 saturated carbocycles. The molecule has 0 bridgehead atoms. The zero-order valence-corrected chi connectivity index (χ0v) is 10.9. The molecule has 3 rings (SSSR count). The van der Waals surface area contributed by atoms with Gasteiger partial charge in [-0.25, -0.2) is 4.79 Å². The Morgan fingerprint density at radius 2 is 2.06 bits per heavy atom. The number of aromatic nitrogens is 2. The zero-order chi connectivity index (χ0) is 12.7. The fourth-order valence-corrected chi connectivity index (χ4v) is 3.01. The third-order valence-electron chi connectivity index (χ3n) is 4.00. The highest BCUT2D eigenvalue weighted by molar-refractivity contribution is 5.80. The lowest BCUT2D eigenvalue weighted by Gasteiger charge is -2.24. The van der Waals surface area contributed by atoms with Gasteiger partial charge in [0.2, 0.25) is 0 Å². The number of rotatable bonds is 1. The Hall–Kier alpha value is -1.55. The van der Waals surface area contributed by atoms with Crippen molar-refractivity contribution in [2.75, 3.05) is 6.54 Å². The minimum atomic E-state index is 0.0493. The van der Waals surface area contributed by atoms with Crippen LogP contribution in [0.15, 0.2) is 23.0 Å². The van der Waals surface area contributed by atoms with E-state index < -0.39 is 0 Å². The number of piperidine rings is 1. The van der Waals surface area contributed by atoms with E-state index in [2.05, 4.69) is 11.4 Å². The summed E-state index contributed by atoms with van der Waals surface area (Å²) >= 11 is 0. The molecule has 1 atom stereocenters. The van der Waals surface area contributed by atoms with Crippen LogP contribution in [0, 0.1) is 0 Å². The molecule has 2 heterocycles. The van der Waals surface area contributed by atoms with Gasteiger partial charge in [-0.1, -0.05) is 18.6 Å². The number of nitrogens with zero attached hydrogens (tertiary/aromatic N) is 2. The SMILES string of the molecule is Cn1c(=O)n(C)c2c(C3CCCCN3)cccc21. The van der Waals surface area contributed by atoms with Gasteiger partial charge in [0.05, 0.1) is 11.0 Å². The number of nitrogens with one attached hydrogen (secondary N) is 1. The molecule has 0 aliphatic carbocycles. The lowest BCUT2D eigenvalue weighted by atomic mass is 9.96. The second kappa shape index (κ2) is 4.28. The summed E-state index contributed by atoms with van der Waals surface area (Å²) in [6.07, 6.45) is 3.66. The molecule has 1 N–H and O–H groups in total. The lowest BCUT2D eigenvalue weighted by molar-refractivity contribution is 0.413. The van der Waals surface area contributed by atoms with Crippen LogP contribution >= 0.6 is 0 Å². The Morgan fingerprint density at radius 3 is 2.78 bits per heavy atom. The van der Waals surface area contributed by atoms with Crippen LogP contribution < -0.4 is 11.0 Å². The van der Waals surface area contributed by atoms with Crippen LogP contribution in [0.2, 0.25) is 0 Å². The van der Waals surface area contributed by atoms with Gasteiger partial charge in [-0.15, -0.1) is 0 Å². The molecule has 1 saturated heterocycles. The molecule has 0 radical (unpaired) electrons. The fraction of sp³-hybridized carbons (Fsp3) is 0.500. The molecular weight excluding hydrogens is 226 g/mol. The Kier molecular flexibility index (Phi) is 2.74. The van der Waals surface area contributed by atoms with Crippen molar-refractivity contribution in [3.63, 3.8) is 0 Å². The van der Waals surface area contributed by atoms with E-state index >= 15 is 0 Å². The van der Waals surface area contributed by atoms with E-state index in [1.165, 1.54) is 18.4 Å². The summed E-state index contributed by atoms with van der Waals surface area (Å²) in [7, 11) is 3.69. The number of para-hydroxylation sites is 1. The minimum absolute atomic E-state index is 0.0493. The summed E-state index contributed by atoms with van der Waals surface area (Å²) in [5, 5.41) is 3.56. The number of hydrogen-bond donors (Lipinski definition) is 1. The molecule has 96 valence electrons. The van der Waals surface area contributed by atoms with E-state index in [4.69, 9.17) is 0 Å². The predicted octanol–water partition coefficient (Wildman–Crippen LogP) is 1.69. The van der Waals surface area contributed by atoms with Crippen LogP contribution in [-0.2, 0) is 14.1 Å². The van der Waals surface area contributed by atoms with Crippen molar-refractivity contribution in [3.05, 3.63) is 34.2 Å². The largest absolute Gasteiger partial charge is 0.328 e. The molecule has 0 amide bonds.